The first-order chi connectivity index (χ1) is 8.08. The molecule has 0 spiro atoms. The van der Waals surface area contributed by atoms with Crippen LogP contribution in [0.2, 0.25) is 5.15 Å². The van der Waals surface area contributed by atoms with Crippen molar-refractivity contribution in [2.75, 3.05) is 25.6 Å². The predicted octanol–water partition coefficient (Wildman–Crippen LogP) is 1.42. The van der Waals surface area contributed by atoms with Gasteiger partial charge in [-0.25, -0.2) is 9.97 Å². The summed E-state index contributed by atoms with van der Waals surface area (Å²) in [7, 11) is 1.55. The molecular weight excluding hydrogens is 242 g/mol. The Bertz CT molecular complexity index is 374. The highest BCUT2D eigenvalue weighted by atomic mass is 35.5. The van der Waals surface area contributed by atoms with Crippen LogP contribution in [0.4, 0.5) is 5.82 Å². The molecule has 6 heteroatoms. The van der Waals surface area contributed by atoms with Crippen LogP contribution >= 0.6 is 11.6 Å². The van der Waals surface area contributed by atoms with Gasteiger partial charge < -0.3 is 15.2 Å². The van der Waals surface area contributed by atoms with Crippen LogP contribution in [0.3, 0.4) is 0 Å². The topological polar surface area (TPSA) is 67.3 Å². The van der Waals surface area contributed by atoms with Gasteiger partial charge in [0.15, 0.2) is 0 Å². The highest BCUT2D eigenvalue weighted by Gasteiger charge is 2.10. The predicted molar refractivity (Wildman–Crippen MR) is 67.5 cm³/mol. The third-order valence-corrected chi connectivity index (χ3v) is 2.68. The molecule has 96 valence electrons. The normalized spacial score (nSPS) is 12.5. The Hall–Kier alpha value is -0.910. The minimum Gasteiger partial charge on any atom is -0.389 e. The highest BCUT2D eigenvalue weighted by molar-refractivity contribution is 6.30. The van der Waals surface area contributed by atoms with Crippen molar-refractivity contribution in [3.05, 3.63) is 16.5 Å². The van der Waals surface area contributed by atoms with Crippen molar-refractivity contribution in [2.24, 2.45) is 0 Å². The SMILES string of the molecule is CCc1nc(Cl)c(C)c(NC[C@@H](O)COC)n1. The summed E-state index contributed by atoms with van der Waals surface area (Å²) in [6.45, 7) is 4.45. The van der Waals surface area contributed by atoms with E-state index in [0.717, 1.165) is 12.0 Å². The molecule has 5 nitrogen and oxygen atoms in total. The lowest BCUT2D eigenvalue weighted by Gasteiger charge is -2.14. The minimum absolute atomic E-state index is 0.283. The van der Waals surface area contributed by atoms with E-state index in [2.05, 4.69) is 15.3 Å². The molecule has 0 unspecified atom stereocenters. The van der Waals surface area contributed by atoms with Crippen molar-refractivity contribution in [1.82, 2.24) is 9.97 Å². The second kappa shape index (κ2) is 6.74. The van der Waals surface area contributed by atoms with E-state index >= 15 is 0 Å². The standard InChI is InChI=1S/C11H18ClN3O2/c1-4-9-14-10(12)7(2)11(15-9)13-5-8(16)6-17-3/h8,16H,4-6H2,1-3H3,(H,13,14,15)/t8-/m1/s1. The van der Waals surface area contributed by atoms with Crippen molar-refractivity contribution in [3.8, 4) is 0 Å². The summed E-state index contributed by atoms with van der Waals surface area (Å²) in [6, 6.07) is 0. The Morgan fingerprint density at radius 2 is 2.18 bits per heavy atom. The first kappa shape index (κ1) is 14.2. The van der Waals surface area contributed by atoms with E-state index in [4.69, 9.17) is 16.3 Å². The van der Waals surface area contributed by atoms with Crippen LogP contribution < -0.4 is 5.32 Å². The Balaban J connectivity index is 2.72. The molecule has 0 aliphatic carbocycles. The zero-order chi connectivity index (χ0) is 12.8. The van der Waals surface area contributed by atoms with Crippen LogP contribution in [-0.2, 0) is 11.2 Å². The van der Waals surface area contributed by atoms with Gasteiger partial charge in [-0.3, -0.25) is 0 Å². The molecule has 0 bridgehead atoms. The zero-order valence-electron chi connectivity index (χ0n) is 10.3. The number of rotatable bonds is 6. The minimum atomic E-state index is -0.571. The molecule has 0 aliphatic rings. The van der Waals surface area contributed by atoms with Gasteiger partial charge in [0.2, 0.25) is 0 Å². The third-order valence-electron chi connectivity index (χ3n) is 2.31. The maximum Gasteiger partial charge on any atom is 0.137 e. The van der Waals surface area contributed by atoms with Gasteiger partial charge in [0.05, 0.1) is 12.7 Å². The molecule has 1 aromatic heterocycles. The van der Waals surface area contributed by atoms with Gasteiger partial charge in [0.25, 0.3) is 0 Å². The number of aliphatic hydroxyl groups is 1. The molecule has 0 fully saturated rings. The van der Waals surface area contributed by atoms with Gasteiger partial charge in [-0.05, 0) is 6.92 Å². The van der Waals surface area contributed by atoms with Crippen LogP contribution in [0.1, 0.15) is 18.3 Å². The summed E-state index contributed by atoms with van der Waals surface area (Å²) < 4.78 is 4.84. The summed E-state index contributed by atoms with van der Waals surface area (Å²) >= 11 is 6.00. The fourth-order valence-electron chi connectivity index (χ4n) is 1.33. The number of halogens is 1. The number of aryl methyl sites for hydroxylation is 1. The number of nitrogens with zero attached hydrogens (tertiary/aromatic N) is 2. The molecule has 0 saturated heterocycles. The van der Waals surface area contributed by atoms with Gasteiger partial charge >= 0.3 is 0 Å². The number of methoxy groups -OCH3 is 1. The summed E-state index contributed by atoms with van der Waals surface area (Å²) in [6.07, 6.45) is 0.146. The molecule has 0 radical (unpaired) electrons. The Kier molecular flexibility index (Phi) is 5.61. The Morgan fingerprint density at radius 1 is 1.47 bits per heavy atom. The van der Waals surface area contributed by atoms with Gasteiger partial charge in [-0.2, -0.15) is 0 Å². The number of aliphatic hydroxyl groups excluding tert-OH is 1. The van der Waals surface area contributed by atoms with E-state index in [-0.39, 0.29) is 6.61 Å². The molecule has 1 heterocycles. The third kappa shape index (κ3) is 4.11. The van der Waals surface area contributed by atoms with Crippen LogP contribution in [-0.4, -0.2) is 41.4 Å². The van der Waals surface area contributed by atoms with E-state index in [1.165, 1.54) is 0 Å². The zero-order valence-corrected chi connectivity index (χ0v) is 11.1. The Morgan fingerprint density at radius 3 is 2.76 bits per heavy atom. The lowest BCUT2D eigenvalue weighted by atomic mass is 10.3. The summed E-state index contributed by atoms with van der Waals surface area (Å²) in [5, 5.41) is 13.0. The van der Waals surface area contributed by atoms with E-state index < -0.39 is 6.10 Å². The quantitative estimate of drug-likeness (QED) is 0.757. The van der Waals surface area contributed by atoms with E-state index in [1.54, 1.807) is 7.11 Å². The van der Waals surface area contributed by atoms with E-state index in [0.29, 0.717) is 23.3 Å². The second-order valence-corrected chi connectivity index (χ2v) is 4.11. The van der Waals surface area contributed by atoms with Crippen LogP contribution in [0.15, 0.2) is 0 Å². The average molecular weight is 260 g/mol. The summed E-state index contributed by atoms with van der Waals surface area (Å²) in [5.74, 6) is 1.35. The molecule has 0 aliphatic heterocycles. The van der Waals surface area contributed by atoms with E-state index in [1.807, 2.05) is 13.8 Å². The maximum atomic E-state index is 9.53. The van der Waals surface area contributed by atoms with Gasteiger partial charge in [-0.15, -0.1) is 0 Å². The van der Waals surface area contributed by atoms with Crippen molar-refractivity contribution >= 4 is 17.4 Å². The largest absolute Gasteiger partial charge is 0.389 e. The van der Waals surface area contributed by atoms with Crippen molar-refractivity contribution < 1.29 is 9.84 Å². The maximum absolute atomic E-state index is 9.53. The van der Waals surface area contributed by atoms with Gasteiger partial charge in [-0.1, -0.05) is 18.5 Å². The number of ether oxygens (including phenoxy) is 1. The molecular formula is C11H18ClN3O2. The summed E-state index contributed by atoms with van der Waals surface area (Å²) in [4.78, 5) is 8.47. The fourth-order valence-corrected chi connectivity index (χ4v) is 1.52. The van der Waals surface area contributed by atoms with Crippen LogP contribution in [0, 0.1) is 6.92 Å². The molecule has 17 heavy (non-hydrogen) atoms. The fraction of sp³-hybridized carbons (Fsp3) is 0.636. The first-order valence-corrected chi connectivity index (χ1v) is 5.90. The van der Waals surface area contributed by atoms with Crippen molar-refractivity contribution in [2.45, 2.75) is 26.4 Å². The number of aromatic nitrogens is 2. The Labute approximate surface area is 106 Å². The number of anilines is 1. The van der Waals surface area contributed by atoms with Crippen molar-refractivity contribution in [3.63, 3.8) is 0 Å². The molecule has 1 atom stereocenters. The van der Waals surface area contributed by atoms with E-state index in [9.17, 15) is 5.11 Å². The molecule has 2 N–H and O–H groups in total. The molecule has 0 saturated carbocycles. The van der Waals surface area contributed by atoms with Gasteiger partial charge in [0, 0.05) is 25.6 Å². The smallest absolute Gasteiger partial charge is 0.137 e. The molecule has 1 rings (SSSR count). The summed E-state index contributed by atoms with van der Waals surface area (Å²) in [5.41, 5.74) is 0.786. The molecule has 0 aromatic carbocycles. The lowest BCUT2D eigenvalue weighted by Crippen LogP contribution is -2.25. The first-order valence-electron chi connectivity index (χ1n) is 5.52. The van der Waals surface area contributed by atoms with Crippen LogP contribution in [0.5, 0.6) is 0 Å². The number of nitrogens with one attached hydrogen (secondary N) is 1. The molecule has 0 amide bonds. The average Bonchev–Trinajstić information content (AvgIpc) is 2.31. The van der Waals surface area contributed by atoms with Crippen LogP contribution in [0.25, 0.3) is 0 Å². The van der Waals surface area contributed by atoms with Gasteiger partial charge in [0.1, 0.15) is 16.8 Å². The number of hydrogen-bond acceptors (Lipinski definition) is 5. The van der Waals surface area contributed by atoms with Crippen molar-refractivity contribution in [1.29, 1.82) is 0 Å². The molecule has 1 aromatic rings. The monoisotopic (exact) mass is 259 g/mol. The number of hydrogen-bond donors (Lipinski definition) is 2. The second-order valence-electron chi connectivity index (χ2n) is 3.75. The lowest BCUT2D eigenvalue weighted by molar-refractivity contribution is 0.0727. The highest BCUT2D eigenvalue weighted by Crippen LogP contribution is 2.19.